The molecule has 4 aromatic rings. The van der Waals surface area contributed by atoms with Gasteiger partial charge in [0.2, 0.25) is 0 Å². The van der Waals surface area contributed by atoms with Crippen molar-refractivity contribution in [3.8, 4) is 0 Å². The van der Waals surface area contributed by atoms with E-state index in [0.29, 0.717) is 30.4 Å². The van der Waals surface area contributed by atoms with E-state index in [0.717, 1.165) is 47.0 Å². The first-order valence-corrected chi connectivity index (χ1v) is 13.4. The van der Waals surface area contributed by atoms with Gasteiger partial charge in [-0.3, -0.25) is 14.3 Å². The van der Waals surface area contributed by atoms with Crippen LogP contribution in [-0.2, 0) is 12.3 Å². The maximum atomic E-state index is 13.3. The standard InChI is InChI=1S/C28H30FN5OS/c1-2-33-16-4-5-24(33)17-31-27(35)22-11-7-20(8-12-22)18-34-26-25(6-3-15-30-26)32-28(34)36-19-21-9-13-23(29)14-10-21/h3,6-15,24H,2,4-5,16-19H2,1H3,(H,31,35)/t24-/m0/s1. The summed E-state index contributed by atoms with van der Waals surface area (Å²) in [5, 5.41) is 3.96. The molecular formula is C28H30FN5OS. The molecule has 1 atom stereocenters. The number of carbonyl (C=O) groups excluding carboxylic acids is 1. The third kappa shape index (κ3) is 5.60. The second-order valence-electron chi connectivity index (χ2n) is 9.07. The predicted molar refractivity (Wildman–Crippen MR) is 142 cm³/mol. The van der Waals surface area contributed by atoms with Crippen LogP contribution < -0.4 is 5.32 Å². The van der Waals surface area contributed by atoms with Crippen molar-refractivity contribution in [1.29, 1.82) is 0 Å². The fourth-order valence-corrected chi connectivity index (χ4v) is 5.68. The molecule has 0 unspecified atom stereocenters. The molecular weight excluding hydrogens is 473 g/mol. The number of hydrogen-bond acceptors (Lipinski definition) is 5. The molecule has 1 fully saturated rings. The van der Waals surface area contributed by atoms with Gasteiger partial charge in [-0.25, -0.2) is 14.4 Å². The van der Waals surface area contributed by atoms with Crippen LogP contribution in [0, 0.1) is 5.82 Å². The fraction of sp³-hybridized carbons (Fsp3) is 0.321. The highest BCUT2D eigenvalue weighted by atomic mass is 32.2. The largest absolute Gasteiger partial charge is 0.350 e. The van der Waals surface area contributed by atoms with Crippen LogP contribution in [0.5, 0.6) is 0 Å². The molecule has 186 valence electrons. The number of likely N-dealkylation sites (N-methyl/N-ethyl adjacent to an activating group) is 1. The third-order valence-electron chi connectivity index (χ3n) is 6.71. The molecule has 6 nitrogen and oxygen atoms in total. The number of nitrogens with zero attached hydrogens (tertiary/aromatic N) is 4. The second kappa shape index (κ2) is 11.2. The summed E-state index contributed by atoms with van der Waals surface area (Å²) in [6.45, 7) is 5.60. The minimum atomic E-state index is -0.237. The second-order valence-corrected chi connectivity index (χ2v) is 10.0. The van der Waals surface area contributed by atoms with Crippen LogP contribution in [0.15, 0.2) is 72.0 Å². The number of likely N-dealkylation sites (tertiary alicyclic amines) is 1. The van der Waals surface area contributed by atoms with Gasteiger partial charge >= 0.3 is 0 Å². The Morgan fingerprint density at radius 3 is 2.67 bits per heavy atom. The van der Waals surface area contributed by atoms with Crippen molar-refractivity contribution in [3.05, 3.63) is 89.4 Å². The van der Waals surface area contributed by atoms with E-state index in [1.807, 2.05) is 36.4 Å². The number of carbonyl (C=O) groups is 1. The zero-order valence-corrected chi connectivity index (χ0v) is 21.2. The highest BCUT2D eigenvalue weighted by Gasteiger charge is 2.23. The van der Waals surface area contributed by atoms with Crippen LogP contribution in [0.25, 0.3) is 11.2 Å². The highest BCUT2D eigenvalue weighted by molar-refractivity contribution is 7.98. The zero-order chi connectivity index (χ0) is 24.9. The summed E-state index contributed by atoms with van der Waals surface area (Å²) in [4.78, 5) is 24.5. The van der Waals surface area contributed by atoms with Gasteiger partial charge in [0.25, 0.3) is 5.91 Å². The summed E-state index contributed by atoms with van der Waals surface area (Å²) < 4.78 is 15.4. The van der Waals surface area contributed by atoms with Gasteiger partial charge in [0.15, 0.2) is 10.8 Å². The Labute approximate surface area is 214 Å². The first kappa shape index (κ1) is 24.5. The number of pyridine rings is 1. The van der Waals surface area contributed by atoms with E-state index in [9.17, 15) is 9.18 Å². The lowest BCUT2D eigenvalue weighted by Gasteiger charge is -2.22. The Bertz CT molecular complexity index is 1320. The Hall–Kier alpha value is -3.23. The van der Waals surface area contributed by atoms with Crippen molar-refractivity contribution >= 4 is 28.8 Å². The van der Waals surface area contributed by atoms with Gasteiger partial charge < -0.3 is 5.32 Å². The molecule has 0 radical (unpaired) electrons. The van der Waals surface area contributed by atoms with Gasteiger partial charge in [0.05, 0.1) is 6.54 Å². The first-order valence-electron chi connectivity index (χ1n) is 12.4. The lowest BCUT2D eigenvalue weighted by atomic mass is 10.1. The Balaban J connectivity index is 1.27. The molecule has 0 aliphatic carbocycles. The lowest BCUT2D eigenvalue weighted by molar-refractivity contribution is 0.0941. The molecule has 8 heteroatoms. The van der Waals surface area contributed by atoms with E-state index >= 15 is 0 Å². The lowest BCUT2D eigenvalue weighted by Crippen LogP contribution is -2.40. The number of nitrogens with one attached hydrogen (secondary N) is 1. The number of imidazole rings is 1. The van der Waals surface area contributed by atoms with Gasteiger partial charge in [0.1, 0.15) is 11.3 Å². The Kier molecular flexibility index (Phi) is 7.63. The summed E-state index contributed by atoms with van der Waals surface area (Å²) in [6, 6.07) is 18.6. The average molecular weight is 504 g/mol. The molecule has 0 saturated carbocycles. The topological polar surface area (TPSA) is 63.1 Å². The molecule has 36 heavy (non-hydrogen) atoms. The molecule has 1 saturated heterocycles. The minimum absolute atomic E-state index is 0.0326. The van der Waals surface area contributed by atoms with Crippen molar-refractivity contribution in [1.82, 2.24) is 24.8 Å². The van der Waals surface area contributed by atoms with Crippen molar-refractivity contribution in [2.45, 2.75) is 43.3 Å². The minimum Gasteiger partial charge on any atom is -0.350 e. The number of halogens is 1. The fourth-order valence-electron chi connectivity index (χ4n) is 4.72. The van der Waals surface area contributed by atoms with Crippen LogP contribution in [0.2, 0.25) is 0 Å². The van der Waals surface area contributed by atoms with Gasteiger partial charge in [-0.15, -0.1) is 0 Å². The van der Waals surface area contributed by atoms with E-state index in [4.69, 9.17) is 4.98 Å². The maximum absolute atomic E-state index is 13.3. The molecule has 1 aliphatic heterocycles. The number of fused-ring (bicyclic) bond motifs is 1. The number of aromatic nitrogens is 3. The monoisotopic (exact) mass is 503 g/mol. The normalized spacial score (nSPS) is 16.0. The summed E-state index contributed by atoms with van der Waals surface area (Å²) in [5.41, 5.74) is 4.41. The Morgan fingerprint density at radius 2 is 1.89 bits per heavy atom. The highest BCUT2D eigenvalue weighted by Crippen LogP contribution is 2.27. The quantitative estimate of drug-likeness (QED) is 0.321. The molecule has 2 aromatic heterocycles. The number of hydrogen-bond donors (Lipinski definition) is 1. The molecule has 3 heterocycles. The van der Waals surface area contributed by atoms with E-state index in [1.165, 1.54) is 18.6 Å². The van der Waals surface area contributed by atoms with Crippen molar-refractivity contribution in [2.75, 3.05) is 19.6 Å². The molecule has 2 aromatic carbocycles. The van der Waals surface area contributed by atoms with Gasteiger partial charge in [-0.1, -0.05) is 43.0 Å². The van der Waals surface area contributed by atoms with E-state index in [1.54, 1.807) is 30.1 Å². The smallest absolute Gasteiger partial charge is 0.251 e. The van der Waals surface area contributed by atoms with Crippen LogP contribution in [0.3, 0.4) is 0 Å². The molecule has 1 aliphatic rings. The van der Waals surface area contributed by atoms with Crippen molar-refractivity contribution < 1.29 is 9.18 Å². The average Bonchev–Trinajstić information content (AvgIpc) is 3.51. The van der Waals surface area contributed by atoms with Crippen LogP contribution in [-0.4, -0.2) is 51.0 Å². The van der Waals surface area contributed by atoms with Gasteiger partial charge in [-0.05, 0) is 73.5 Å². The van der Waals surface area contributed by atoms with Crippen LogP contribution in [0.1, 0.15) is 41.3 Å². The molecule has 1 amide bonds. The molecule has 1 N–H and O–H groups in total. The molecule has 5 rings (SSSR count). The summed E-state index contributed by atoms with van der Waals surface area (Å²) in [6.07, 6.45) is 4.11. The Morgan fingerprint density at radius 1 is 1.11 bits per heavy atom. The van der Waals surface area contributed by atoms with E-state index < -0.39 is 0 Å². The molecule has 0 bridgehead atoms. The summed E-state index contributed by atoms with van der Waals surface area (Å²) in [7, 11) is 0. The number of benzene rings is 2. The van der Waals surface area contributed by atoms with Gasteiger partial charge in [0, 0.05) is 30.1 Å². The maximum Gasteiger partial charge on any atom is 0.251 e. The third-order valence-corrected chi connectivity index (χ3v) is 7.76. The first-order chi connectivity index (χ1) is 17.6. The van der Waals surface area contributed by atoms with Crippen molar-refractivity contribution in [2.24, 2.45) is 0 Å². The van der Waals surface area contributed by atoms with E-state index in [-0.39, 0.29) is 11.7 Å². The van der Waals surface area contributed by atoms with Gasteiger partial charge in [-0.2, -0.15) is 0 Å². The SMILES string of the molecule is CCN1CCC[C@H]1CNC(=O)c1ccc(Cn2c(SCc3ccc(F)cc3)nc3cccnc32)cc1. The predicted octanol–water partition coefficient (Wildman–Crippen LogP) is 5.13. The zero-order valence-electron chi connectivity index (χ0n) is 20.4. The summed E-state index contributed by atoms with van der Waals surface area (Å²) in [5.74, 6) is 0.410. The number of rotatable bonds is 9. The van der Waals surface area contributed by atoms with Crippen molar-refractivity contribution in [3.63, 3.8) is 0 Å². The summed E-state index contributed by atoms with van der Waals surface area (Å²) >= 11 is 1.60. The van der Waals surface area contributed by atoms with E-state index in [2.05, 4.69) is 26.7 Å². The van der Waals surface area contributed by atoms with Crippen LogP contribution in [0.4, 0.5) is 4.39 Å². The molecule has 0 spiro atoms. The number of amides is 1. The van der Waals surface area contributed by atoms with Crippen LogP contribution >= 0.6 is 11.8 Å². The number of thioether (sulfide) groups is 1.